The first-order chi connectivity index (χ1) is 10.6. The number of anilines is 1. The molecule has 1 saturated heterocycles. The van der Waals surface area contributed by atoms with E-state index in [0.717, 1.165) is 13.1 Å². The van der Waals surface area contributed by atoms with Gasteiger partial charge in [0.2, 0.25) is 5.91 Å². The minimum Gasteiger partial charge on any atom is -0.371 e. The molecule has 2 rings (SSSR count). The molecule has 23 heavy (non-hydrogen) atoms. The number of nitro benzene ring substituents is 1. The molecule has 1 aliphatic heterocycles. The topological polar surface area (TPSA) is 102 Å². The van der Waals surface area contributed by atoms with Gasteiger partial charge in [-0.1, -0.05) is 0 Å². The van der Waals surface area contributed by atoms with Crippen LogP contribution in [0.1, 0.15) is 33.6 Å². The maximum absolute atomic E-state index is 12.0. The molecule has 0 saturated carbocycles. The van der Waals surface area contributed by atoms with Crippen molar-refractivity contribution < 1.29 is 9.72 Å². The lowest BCUT2D eigenvalue weighted by Gasteiger charge is -2.45. The van der Waals surface area contributed by atoms with E-state index in [4.69, 9.17) is 5.73 Å². The van der Waals surface area contributed by atoms with Gasteiger partial charge in [0.15, 0.2) is 0 Å². The van der Waals surface area contributed by atoms with E-state index in [1.807, 2.05) is 0 Å². The van der Waals surface area contributed by atoms with E-state index in [0.29, 0.717) is 18.5 Å². The van der Waals surface area contributed by atoms with Crippen LogP contribution in [0.25, 0.3) is 0 Å². The molecule has 1 aromatic carbocycles. The summed E-state index contributed by atoms with van der Waals surface area (Å²) in [6.45, 7) is 7.98. The summed E-state index contributed by atoms with van der Waals surface area (Å²) in [5, 5.41) is 13.9. The minimum atomic E-state index is -0.808. The highest BCUT2D eigenvalue weighted by molar-refractivity contribution is 5.88. The van der Waals surface area contributed by atoms with Crippen LogP contribution in [-0.2, 0) is 4.79 Å². The van der Waals surface area contributed by atoms with Crippen LogP contribution in [0.3, 0.4) is 0 Å². The Kier molecular flexibility index (Phi) is 4.61. The fraction of sp³-hybridized carbons (Fsp3) is 0.562. The number of nitro groups is 1. The van der Waals surface area contributed by atoms with E-state index in [2.05, 4.69) is 31.0 Å². The van der Waals surface area contributed by atoms with Crippen molar-refractivity contribution in [3.8, 4) is 0 Å². The molecule has 0 aliphatic carbocycles. The standard InChI is InChI=1S/C16H24N4O3/c1-15(2,3)19-10-8-16(9-11-19,14(17)21)18-12-4-6-13(7-5-12)20(22)23/h4-7,18H,8-11H2,1-3H3,(H2,17,21). The van der Waals surface area contributed by atoms with Gasteiger partial charge in [-0.25, -0.2) is 0 Å². The van der Waals surface area contributed by atoms with Crippen molar-refractivity contribution in [2.75, 3.05) is 18.4 Å². The number of likely N-dealkylation sites (tertiary alicyclic amines) is 1. The van der Waals surface area contributed by atoms with Gasteiger partial charge in [0.1, 0.15) is 5.54 Å². The number of carbonyl (C=O) groups excluding carboxylic acids is 1. The number of rotatable bonds is 4. The third-order valence-corrected chi connectivity index (χ3v) is 4.50. The van der Waals surface area contributed by atoms with E-state index in [9.17, 15) is 14.9 Å². The number of nitrogens with two attached hydrogens (primary N) is 1. The molecule has 3 N–H and O–H groups in total. The lowest BCUT2D eigenvalue weighted by molar-refractivity contribution is -0.384. The van der Waals surface area contributed by atoms with Crippen LogP contribution in [-0.4, -0.2) is 39.9 Å². The molecule has 1 aliphatic rings. The average molecular weight is 320 g/mol. The highest BCUT2D eigenvalue weighted by Crippen LogP contribution is 2.30. The number of benzene rings is 1. The monoisotopic (exact) mass is 320 g/mol. The Morgan fingerprint density at radius 3 is 2.17 bits per heavy atom. The number of primary amides is 1. The molecule has 126 valence electrons. The van der Waals surface area contributed by atoms with E-state index in [-0.39, 0.29) is 17.1 Å². The molecule has 0 spiro atoms. The SMILES string of the molecule is CC(C)(C)N1CCC(Nc2ccc([N+](=O)[O-])cc2)(C(N)=O)CC1. The van der Waals surface area contributed by atoms with Crippen molar-refractivity contribution in [1.29, 1.82) is 0 Å². The van der Waals surface area contributed by atoms with Crippen LogP contribution in [0.2, 0.25) is 0 Å². The first-order valence-electron chi connectivity index (χ1n) is 7.72. The van der Waals surface area contributed by atoms with Gasteiger partial charge in [-0.3, -0.25) is 19.8 Å². The molecular formula is C16H24N4O3. The smallest absolute Gasteiger partial charge is 0.269 e. The quantitative estimate of drug-likeness (QED) is 0.653. The van der Waals surface area contributed by atoms with Crippen LogP contribution < -0.4 is 11.1 Å². The first-order valence-corrected chi connectivity index (χ1v) is 7.72. The second-order valence-corrected chi connectivity index (χ2v) is 7.03. The van der Waals surface area contributed by atoms with Crippen molar-refractivity contribution in [3.05, 3.63) is 34.4 Å². The number of carbonyl (C=O) groups is 1. The maximum Gasteiger partial charge on any atom is 0.269 e. The number of hydrogen-bond acceptors (Lipinski definition) is 5. The van der Waals surface area contributed by atoms with Gasteiger partial charge in [0.05, 0.1) is 4.92 Å². The average Bonchev–Trinajstić information content (AvgIpc) is 2.47. The number of nitrogens with zero attached hydrogens (tertiary/aromatic N) is 2. The predicted molar refractivity (Wildman–Crippen MR) is 89.2 cm³/mol. The molecule has 1 aromatic rings. The van der Waals surface area contributed by atoms with Gasteiger partial charge < -0.3 is 11.1 Å². The van der Waals surface area contributed by atoms with Crippen LogP contribution in [0.15, 0.2) is 24.3 Å². The normalized spacial score (nSPS) is 18.4. The van der Waals surface area contributed by atoms with Crippen LogP contribution in [0.4, 0.5) is 11.4 Å². The Morgan fingerprint density at radius 2 is 1.78 bits per heavy atom. The van der Waals surface area contributed by atoms with Crippen molar-refractivity contribution in [3.63, 3.8) is 0 Å². The minimum absolute atomic E-state index is 0.0197. The zero-order valence-corrected chi connectivity index (χ0v) is 13.8. The second kappa shape index (κ2) is 6.16. The lowest BCUT2D eigenvalue weighted by Crippen LogP contribution is -2.59. The Morgan fingerprint density at radius 1 is 1.26 bits per heavy atom. The van der Waals surface area contributed by atoms with Crippen LogP contribution >= 0.6 is 0 Å². The summed E-state index contributed by atoms with van der Waals surface area (Å²) in [6, 6.07) is 6.06. The molecule has 0 bridgehead atoms. The van der Waals surface area contributed by atoms with Gasteiger partial charge in [-0.2, -0.15) is 0 Å². The summed E-state index contributed by atoms with van der Waals surface area (Å²) in [4.78, 5) is 24.6. The molecule has 1 heterocycles. The van der Waals surface area contributed by atoms with Crippen LogP contribution in [0.5, 0.6) is 0 Å². The molecule has 0 aromatic heterocycles. The Labute approximate surface area is 136 Å². The van der Waals surface area contributed by atoms with E-state index >= 15 is 0 Å². The fourth-order valence-electron chi connectivity index (χ4n) is 2.94. The number of non-ortho nitro benzene ring substituents is 1. The predicted octanol–water partition coefficient (Wildman–Crippen LogP) is 2.13. The molecule has 0 atom stereocenters. The fourth-order valence-corrected chi connectivity index (χ4v) is 2.94. The lowest BCUT2D eigenvalue weighted by atomic mass is 9.84. The Balaban J connectivity index is 2.14. The Hall–Kier alpha value is -2.15. The van der Waals surface area contributed by atoms with E-state index in [1.165, 1.54) is 12.1 Å². The largest absolute Gasteiger partial charge is 0.371 e. The summed E-state index contributed by atoms with van der Waals surface area (Å²) in [5.41, 5.74) is 5.58. The van der Waals surface area contributed by atoms with Gasteiger partial charge in [-0.05, 0) is 45.7 Å². The van der Waals surface area contributed by atoms with Crippen molar-refractivity contribution in [1.82, 2.24) is 4.90 Å². The summed E-state index contributed by atoms with van der Waals surface area (Å²) < 4.78 is 0. The highest BCUT2D eigenvalue weighted by Gasteiger charge is 2.41. The summed E-state index contributed by atoms with van der Waals surface area (Å²) in [6.07, 6.45) is 1.22. The van der Waals surface area contributed by atoms with Crippen molar-refractivity contribution in [2.45, 2.75) is 44.7 Å². The van der Waals surface area contributed by atoms with Gasteiger partial charge in [-0.15, -0.1) is 0 Å². The van der Waals surface area contributed by atoms with E-state index in [1.54, 1.807) is 12.1 Å². The number of piperidine rings is 1. The molecule has 7 heteroatoms. The van der Waals surface area contributed by atoms with Gasteiger partial charge >= 0.3 is 0 Å². The zero-order chi connectivity index (χ0) is 17.3. The second-order valence-electron chi connectivity index (χ2n) is 7.03. The van der Waals surface area contributed by atoms with E-state index < -0.39 is 10.5 Å². The number of nitrogens with one attached hydrogen (secondary N) is 1. The molecule has 1 fully saturated rings. The Bertz CT molecular complexity index is 584. The van der Waals surface area contributed by atoms with Crippen molar-refractivity contribution >= 4 is 17.3 Å². The van der Waals surface area contributed by atoms with Gasteiger partial charge in [0.25, 0.3) is 5.69 Å². The maximum atomic E-state index is 12.0. The first kappa shape index (κ1) is 17.2. The van der Waals surface area contributed by atoms with Crippen LogP contribution in [0, 0.1) is 10.1 Å². The van der Waals surface area contributed by atoms with Gasteiger partial charge in [0, 0.05) is 36.4 Å². The third kappa shape index (κ3) is 3.79. The molecule has 0 radical (unpaired) electrons. The highest BCUT2D eigenvalue weighted by atomic mass is 16.6. The number of amides is 1. The molecule has 7 nitrogen and oxygen atoms in total. The van der Waals surface area contributed by atoms with Crippen molar-refractivity contribution in [2.24, 2.45) is 5.73 Å². The number of hydrogen-bond donors (Lipinski definition) is 2. The summed E-state index contributed by atoms with van der Waals surface area (Å²) in [7, 11) is 0. The molecule has 0 unspecified atom stereocenters. The molecular weight excluding hydrogens is 296 g/mol. The summed E-state index contributed by atoms with van der Waals surface area (Å²) >= 11 is 0. The molecule has 1 amide bonds. The summed E-state index contributed by atoms with van der Waals surface area (Å²) in [5.74, 6) is -0.385. The zero-order valence-electron chi connectivity index (χ0n) is 13.8. The third-order valence-electron chi connectivity index (χ3n) is 4.50.